The standard InChI is InChI=1S/C47H32N4O2/c1-29-18-22-37-38-26-33(20-24-45(38)50(47(37)30(29)2)42-16-8-13-31-10-6-7-14-36(31)42)34-19-23-43-39(27-34)40-28-35(51(52)53)21-25-44(40)49(43)46-17-9-15-41(48-46)32-11-4-3-5-12-32/h3-28H,1-2H3. The van der Waals surface area contributed by atoms with E-state index in [1.54, 1.807) is 12.1 Å². The number of nitrogens with zero attached hydrogens (tertiary/aromatic N) is 4. The molecule has 0 atom stereocenters. The number of aromatic nitrogens is 3. The Balaban J connectivity index is 1.20. The maximum Gasteiger partial charge on any atom is 0.270 e. The first-order valence-electron chi connectivity index (χ1n) is 17.7. The van der Waals surface area contributed by atoms with Crippen molar-refractivity contribution in [3.63, 3.8) is 0 Å². The molecule has 10 aromatic rings. The molecule has 7 aromatic carbocycles. The molecule has 0 radical (unpaired) electrons. The smallest absolute Gasteiger partial charge is 0.270 e. The summed E-state index contributed by atoms with van der Waals surface area (Å²) in [5, 5.41) is 18.5. The molecule has 3 aromatic heterocycles. The first kappa shape index (κ1) is 30.7. The Labute approximate surface area is 305 Å². The Morgan fingerprint density at radius 2 is 1.17 bits per heavy atom. The van der Waals surface area contributed by atoms with Gasteiger partial charge in [-0.2, -0.15) is 0 Å². The Bertz CT molecular complexity index is 3110. The highest BCUT2D eigenvalue weighted by Crippen LogP contribution is 2.41. The molecule has 0 amide bonds. The van der Waals surface area contributed by atoms with Gasteiger partial charge in [0.05, 0.1) is 38.4 Å². The highest BCUT2D eigenvalue weighted by molar-refractivity contribution is 6.14. The SMILES string of the molecule is Cc1ccc2c3cc(-c4ccc5c(c4)c4cc([N+](=O)[O-])ccc4n5-c4cccc(-c5ccccc5)n4)ccc3n(-c3cccc4ccccc34)c2c1C. The fourth-order valence-corrected chi connectivity index (χ4v) is 8.08. The van der Waals surface area contributed by atoms with Crippen LogP contribution in [0.15, 0.2) is 158 Å². The predicted octanol–water partition coefficient (Wildman–Crippen LogP) is 12.3. The number of rotatable bonds is 5. The summed E-state index contributed by atoms with van der Waals surface area (Å²) < 4.78 is 4.53. The molecule has 53 heavy (non-hydrogen) atoms. The number of pyridine rings is 1. The van der Waals surface area contributed by atoms with E-state index in [9.17, 15) is 10.1 Å². The quantitative estimate of drug-likeness (QED) is 0.134. The van der Waals surface area contributed by atoms with Gasteiger partial charge in [-0.1, -0.05) is 97.1 Å². The molecule has 3 heterocycles. The van der Waals surface area contributed by atoms with Gasteiger partial charge in [0.2, 0.25) is 0 Å². The third kappa shape index (κ3) is 4.76. The van der Waals surface area contributed by atoms with Gasteiger partial charge < -0.3 is 4.57 Å². The van der Waals surface area contributed by atoms with Crippen molar-refractivity contribution in [3.05, 3.63) is 179 Å². The van der Waals surface area contributed by atoms with Gasteiger partial charge in [-0.3, -0.25) is 14.7 Å². The molecule has 10 rings (SSSR count). The minimum Gasteiger partial charge on any atom is -0.308 e. The molecule has 252 valence electrons. The van der Waals surface area contributed by atoms with Gasteiger partial charge in [0.15, 0.2) is 0 Å². The topological polar surface area (TPSA) is 65.9 Å². The summed E-state index contributed by atoms with van der Waals surface area (Å²) in [5.74, 6) is 0.751. The van der Waals surface area contributed by atoms with Gasteiger partial charge in [-0.15, -0.1) is 0 Å². The zero-order valence-electron chi connectivity index (χ0n) is 29.1. The summed E-state index contributed by atoms with van der Waals surface area (Å²) in [7, 11) is 0. The monoisotopic (exact) mass is 684 g/mol. The summed E-state index contributed by atoms with van der Waals surface area (Å²) in [6.45, 7) is 4.39. The Kier molecular flexibility index (Phi) is 6.82. The van der Waals surface area contributed by atoms with Crippen molar-refractivity contribution in [2.75, 3.05) is 0 Å². The van der Waals surface area contributed by atoms with Crippen molar-refractivity contribution in [1.29, 1.82) is 0 Å². The van der Waals surface area contributed by atoms with E-state index in [2.05, 4.69) is 114 Å². The third-order valence-corrected chi connectivity index (χ3v) is 10.8. The number of fused-ring (bicyclic) bond motifs is 7. The van der Waals surface area contributed by atoms with E-state index in [1.807, 2.05) is 54.6 Å². The van der Waals surface area contributed by atoms with Crippen molar-refractivity contribution in [1.82, 2.24) is 14.1 Å². The molecule has 0 saturated carbocycles. The van der Waals surface area contributed by atoms with E-state index >= 15 is 0 Å². The van der Waals surface area contributed by atoms with Crippen molar-refractivity contribution in [3.8, 4) is 33.9 Å². The second-order valence-corrected chi connectivity index (χ2v) is 13.7. The fraction of sp³-hybridized carbons (Fsp3) is 0.0426. The largest absolute Gasteiger partial charge is 0.308 e. The van der Waals surface area contributed by atoms with Gasteiger partial charge >= 0.3 is 0 Å². The second-order valence-electron chi connectivity index (χ2n) is 13.7. The van der Waals surface area contributed by atoms with Crippen molar-refractivity contribution in [2.45, 2.75) is 13.8 Å². The zero-order valence-corrected chi connectivity index (χ0v) is 29.1. The fourth-order valence-electron chi connectivity index (χ4n) is 8.08. The summed E-state index contributed by atoms with van der Waals surface area (Å²) in [6, 6.07) is 53.9. The second kappa shape index (κ2) is 11.8. The Hall–Kier alpha value is -7.05. The number of hydrogen-bond donors (Lipinski definition) is 0. The first-order chi connectivity index (χ1) is 25.9. The van der Waals surface area contributed by atoms with Gasteiger partial charge in [0.1, 0.15) is 5.82 Å². The van der Waals surface area contributed by atoms with E-state index in [1.165, 1.54) is 38.2 Å². The van der Waals surface area contributed by atoms with E-state index < -0.39 is 0 Å². The van der Waals surface area contributed by atoms with Crippen LogP contribution in [0.1, 0.15) is 11.1 Å². The van der Waals surface area contributed by atoms with Crippen LogP contribution >= 0.6 is 0 Å². The lowest BCUT2D eigenvalue weighted by molar-refractivity contribution is -0.384. The molecule has 0 bridgehead atoms. The minimum absolute atomic E-state index is 0.0567. The van der Waals surface area contributed by atoms with Crippen LogP contribution in [0.3, 0.4) is 0 Å². The van der Waals surface area contributed by atoms with Crippen LogP contribution in [-0.2, 0) is 0 Å². The molecule has 6 heteroatoms. The summed E-state index contributed by atoms with van der Waals surface area (Å²) >= 11 is 0. The molecular weight excluding hydrogens is 653 g/mol. The number of hydrogen-bond acceptors (Lipinski definition) is 3. The molecule has 6 nitrogen and oxygen atoms in total. The highest BCUT2D eigenvalue weighted by atomic mass is 16.6. The molecule has 0 aliphatic carbocycles. The summed E-state index contributed by atoms with van der Waals surface area (Å²) in [6.07, 6.45) is 0. The first-order valence-corrected chi connectivity index (χ1v) is 17.7. The van der Waals surface area contributed by atoms with Gasteiger partial charge in [-0.05, 0) is 90.0 Å². The average molecular weight is 685 g/mol. The van der Waals surface area contributed by atoms with E-state index in [0.717, 1.165) is 61.2 Å². The predicted molar refractivity (Wildman–Crippen MR) is 217 cm³/mol. The Morgan fingerprint density at radius 3 is 1.94 bits per heavy atom. The third-order valence-electron chi connectivity index (χ3n) is 10.8. The lowest BCUT2D eigenvalue weighted by Gasteiger charge is -2.13. The van der Waals surface area contributed by atoms with Crippen LogP contribution in [0.4, 0.5) is 5.69 Å². The lowest BCUT2D eigenvalue weighted by Crippen LogP contribution is -1.98. The van der Waals surface area contributed by atoms with E-state index in [4.69, 9.17) is 4.98 Å². The minimum atomic E-state index is -0.329. The molecule has 0 fully saturated rings. The number of nitro groups is 1. The lowest BCUT2D eigenvalue weighted by atomic mass is 9.99. The van der Waals surface area contributed by atoms with Crippen LogP contribution in [0.25, 0.3) is 88.3 Å². The molecular formula is C47H32N4O2. The maximum absolute atomic E-state index is 12.0. The number of non-ortho nitro benzene ring substituents is 1. The van der Waals surface area contributed by atoms with E-state index in [-0.39, 0.29) is 10.6 Å². The van der Waals surface area contributed by atoms with E-state index in [0.29, 0.717) is 0 Å². The van der Waals surface area contributed by atoms with Crippen LogP contribution in [0, 0.1) is 24.0 Å². The molecule has 0 saturated heterocycles. The molecule has 0 N–H and O–H groups in total. The van der Waals surface area contributed by atoms with Gasteiger partial charge in [0.25, 0.3) is 5.69 Å². The molecule has 0 spiro atoms. The maximum atomic E-state index is 12.0. The number of nitro benzene ring substituents is 1. The van der Waals surface area contributed by atoms with Crippen LogP contribution < -0.4 is 0 Å². The van der Waals surface area contributed by atoms with Crippen LogP contribution in [0.2, 0.25) is 0 Å². The molecule has 0 aliphatic rings. The zero-order chi connectivity index (χ0) is 35.8. The van der Waals surface area contributed by atoms with Gasteiger partial charge in [0, 0.05) is 44.6 Å². The average Bonchev–Trinajstić information content (AvgIpc) is 3.71. The number of aryl methyl sites for hydroxylation is 2. The van der Waals surface area contributed by atoms with Crippen molar-refractivity contribution >= 4 is 60.1 Å². The summed E-state index contributed by atoms with van der Waals surface area (Å²) in [4.78, 5) is 16.7. The summed E-state index contributed by atoms with van der Waals surface area (Å²) in [5.41, 5.74) is 11.9. The highest BCUT2D eigenvalue weighted by Gasteiger charge is 2.20. The van der Waals surface area contributed by atoms with Crippen molar-refractivity contribution < 1.29 is 4.92 Å². The van der Waals surface area contributed by atoms with Crippen LogP contribution in [0.5, 0.6) is 0 Å². The van der Waals surface area contributed by atoms with Crippen molar-refractivity contribution in [2.24, 2.45) is 0 Å². The van der Waals surface area contributed by atoms with Gasteiger partial charge in [-0.25, -0.2) is 4.98 Å². The molecule has 0 aliphatic heterocycles. The number of benzene rings is 7. The Morgan fingerprint density at radius 1 is 0.528 bits per heavy atom. The normalized spacial score (nSPS) is 11.7. The molecule has 0 unspecified atom stereocenters. The van der Waals surface area contributed by atoms with Crippen LogP contribution in [-0.4, -0.2) is 19.0 Å².